The zero-order valence-electron chi connectivity index (χ0n) is 28.4. The summed E-state index contributed by atoms with van der Waals surface area (Å²) < 4.78 is 12.5. The fourth-order valence-electron chi connectivity index (χ4n) is 5.35. The highest BCUT2D eigenvalue weighted by Gasteiger charge is 2.26. The molecule has 0 aliphatic carbocycles. The lowest BCUT2D eigenvalue weighted by atomic mass is 9.92. The zero-order valence-corrected chi connectivity index (χ0v) is 29.1. The van der Waals surface area contributed by atoms with Crippen molar-refractivity contribution in [2.75, 3.05) is 30.2 Å². The molecule has 4 rings (SSSR count). The smallest absolute Gasteiger partial charge is 0.323 e. The molecule has 2 aromatic carbocycles. The van der Waals surface area contributed by atoms with Gasteiger partial charge in [-0.1, -0.05) is 90.7 Å². The Morgan fingerprint density at radius 1 is 0.830 bits per heavy atom. The number of rotatable bonds is 16. The molecule has 2 heterocycles. The zero-order chi connectivity index (χ0) is 34.0. The van der Waals surface area contributed by atoms with Crippen molar-refractivity contribution in [1.82, 2.24) is 19.8 Å². The Kier molecular flexibility index (Phi) is 12.5. The number of ether oxygens (including phenoxy) is 2. The number of benzene rings is 2. The van der Waals surface area contributed by atoms with E-state index in [-0.39, 0.29) is 11.3 Å². The summed E-state index contributed by atoms with van der Waals surface area (Å²) in [5.41, 5.74) is 3.27. The number of aromatic amines is 1. The molecule has 0 saturated carbocycles. The van der Waals surface area contributed by atoms with E-state index >= 15 is 0 Å². The second-order valence-corrected chi connectivity index (χ2v) is 13.1. The van der Waals surface area contributed by atoms with Crippen molar-refractivity contribution >= 4 is 46.2 Å². The molecule has 0 bridgehead atoms. The molecule has 0 aliphatic heterocycles. The van der Waals surface area contributed by atoms with Crippen LogP contribution < -0.4 is 25.4 Å². The quantitative estimate of drug-likeness (QED) is 0.0882. The number of amides is 3. The van der Waals surface area contributed by atoms with E-state index in [1.54, 1.807) is 43.5 Å². The molecule has 0 fully saturated rings. The summed E-state index contributed by atoms with van der Waals surface area (Å²) in [6.07, 6.45) is 11.2. The Balaban J connectivity index is 1.34. The predicted molar refractivity (Wildman–Crippen MR) is 189 cm³/mol. The summed E-state index contributed by atoms with van der Waals surface area (Å²) >= 11 is 6.60. The van der Waals surface area contributed by atoms with Gasteiger partial charge in [0.05, 0.1) is 31.2 Å². The van der Waals surface area contributed by atoms with Crippen molar-refractivity contribution in [1.29, 1.82) is 0 Å². The van der Waals surface area contributed by atoms with Crippen molar-refractivity contribution < 1.29 is 19.1 Å². The number of carbonyl (C=O) groups is 2. The molecule has 2 aromatic heterocycles. The monoisotopic (exact) mass is 665 g/mol. The van der Waals surface area contributed by atoms with Crippen molar-refractivity contribution in [3.63, 3.8) is 0 Å². The van der Waals surface area contributed by atoms with Gasteiger partial charge in [0, 0.05) is 29.3 Å². The van der Waals surface area contributed by atoms with Crippen LogP contribution in [0, 0.1) is 0 Å². The Morgan fingerprint density at radius 2 is 1.47 bits per heavy atom. The SMILES string of the molecule is CCCCCCCCCCCC(=O)Nc1ccc(OC)c(NC(=O)Nc2ccc(-c3nn4nc(C(C)(C)C)c(Cl)c4[nH]3)c(OC)c2)c1. The first-order chi connectivity index (χ1) is 22.5. The molecule has 11 nitrogen and oxygen atoms in total. The number of carbonyl (C=O) groups excluding carboxylic acids is 2. The highest BCUT2D eigenvalue weighted by molar-refractivity contribution is 6.34. The first kappa shape index (κ1) is 35.6. The summed E-state index contributed by atoms with van der Waals surface area (Å²) in [5.74, 6) is 1.41. The molecule has 0 atom stereocenters. The maximum atomic E-state index is 13.0. The van der Waals surface area contributed by atoms with E-state index in [0.717, 1.165) is 25.0 Å². The number of hydrogen-bond donors (Lipinski definition) is 4. The third-order valence-electron chi connectivity index (χ3n) is 7.91. The Bertz CT molecular complexity index is 1660. The fourth-order valence-corrected chi connectivity index (χ4v) is 5.79. The number of fused-ring (bicyclic) bond motifs is 1. The Hall–Kier alpha value is -4.25. The highest BCUT2D eigenvalue weighted by Crippen LogP contribution is 2.35. The van der Waals surface area contributed by atoms with Crippen LogP contribution in [0.25, 0.3) is 17.0 Å². The van der Waals surface area contributed by atoms with Crippen LogP contribution in [0.1, 0.15) is 97.6 Å². The molecule has 0 aliphatic rings. The van der Waals surface area contributed by atoms with Crippen LogP contribution in [-0.2, 0) is 10.2 Å². The van der Waals surface area contributed by atoms with Crippen LogP contribution >= 0.6 is 11.6 Å². The van der Waals surface area contributed by atoms with Gasteiger partial charge >= 0.3 is 6.03 Å². The maximum Gasteiger partial charge on any atom is 0.323 e. The molecule has 47 heavy (non-hydrogen) atoms. The molecule has 254 valence electrons. The summed E-state index contributed by atoms with van der Waals surface area (Å²) in [6.45, 7) is 8.34. The molecule has 0 unspecified atom stereocenters. The van der Waals surface area contributed by atoms with E-state index in [1.807, 2.05) is 20.8 Å². The fraction of sp³-hybridized carbons (Fsp3) is 0.486. The second kappa shape index (κ2) is 16.5. The average molecular weight is 666 g/mol. The molecule has 0 radical (unpaired) electrons. The summed E-state index contributed by atoms with van der Waals surface area (Å²) in [5, 5.41) is 18.2. The van der Waals surface area contributed by atoms with Gasteiger partial charge in [0.25, 0.3) is 0 Å². The number of nitrogens with zero attached hydrogens (tertiary/aromatic N) is 3. The van der Waals surface area contributed by atoms with E-state index in [1.165, 1.54) is 50.3 Å². The van der Waals surface area contributed by atoms with Gasteiger partial charge in [-0.25, -0.2) is 4.79 Å². The number of H-pyrrole nitrogens is 1. The lowest BCUT2D eigenvalue weighted by Gasteiger charge is -2.15. The van der Waals surface area contributed by atoms with Crippen molar-refractivity contribution in [2.24, 2.45) is 0 Å². The number of unbranched alkanes of at least 4 members (excludes halogenated alkanes) is 8. The first-order valence-corrected chi connectivity index (χ1v) is 16.8. The van der Waals surface area contributed by atoms with Crippen LogP contribution in [-0.4, -0.2) is 46.0 Å². The van der Waals surface area contributed by atoms with Crippen LogP contribution in [0.4, 0.5) is 21.9 Å². The number of methoxy groups -OCH3 is 2. The molecule has 3 amide bonds. The minimum absolute atomic E-state index is 0.0532. The molecule has 0 spiro atoms. The van der Waals surface area contributed by atoms with Gasteiger partial charge < -0.3 is 30.4 Å². The lowest BCUT2D eigenvalue weighted by Crippen LogP contribution is -2.20. The number of hydrogen-bond acceptors (Lipinski definition) is 6. The minimum atomic E-state index is -0.491. The number of halogens is 1. The number of anilines is 3. The largest absolute Gasteiger partial charge is 0.496 e. The van der Waals surface area contributed by atoms with Gasteiger partial charge in [-0.2, -0.15) is 5.10 Å². The Labute approximate surface area is 282 Å². The molecular formula is C35H48ClN7O4. The van der Waals surface area contributed by atoms with E-state index < -0.39 is 6.03 Å². The maximum absolute atomic E-state index is 13.0. The molecule has 12 heteroatoms. The van der Waals surface area contributed by atoms with E-state index in [4.69, 9.17) is 21.1 Å². The highest BCUT2D eigenvalue weighted by atomic mass is 35.5. The van der Waals surface area contributed by atoms with Crippen molar-refractivity contribution in [3.8, 4) is 22.9 Å². The number of urea groups is 1. The van der Waals surface area contributed by atoms with Crippen LogP contribution in [0.5, 0.6) is 11.5 Å². The number of nitrogens with one attached hydrogen (secondary N) is 4. The minimum Gasteiger partial charge on any atom is -0.496 e. The molecule has 4 aromatic rings. The molecular weight excluding hydrogens is 618 g/mol. The van der Waals surface area contributed by atoms with Gasteiger partial charge in [-0.3, -0.25) is 4.79 Å². The number of aromatic nitrogens is 4. The van der Waals surface area contributed by atoms with Crippen LogP contribution in [0.3, 0.4) is 0 Å². The standard InChI is InChI=1S/C35H48ClN7O4/c1-7-8-9-10-11-12-13-14-15-16-29(44)37-23-18-20-27(46-5)26(21-23)39-34(45)38-24-17-19-25(28(22-24)47-6)32-40-33-30(36)31(35(2,3)4)41-43(33)42-32/h17-22H,7-16H2,1-6H3,(H,37,44)(H,40,42)(H2,38,39,45). The molecule has 0 saturated heterocycles. The van der Waals surface area contributed by atoms with Crippen LogP contribution in [0.15, 0.2) is 36.4 Å². The van der Waals surface area contributed by atoms with Gasteiger partial charge in [0.2, 0.25) is 5.91 Å². The first-order valence-electron chi connectivity index (χ1n) is 16.4. The predicted octanol–water partition coefficient (Wildman–Crippen LogP) is 9.20. The summed E-state index contributed by atoms with van der Waals surface area (Å²) in [4.78, 5) is 28.8. The van der Waals surface area contributed by atoms with Gasteiger partial charge in [0.1, 0.15) is 16.5 Å². The lowest BCUT2D eigenvalue weighted by molar-refractivity contribution is -0.116. The average Bonchev–Trinajstić information content (AvgIpc) is 3.59. The normalized spacial score (nSPS) is 11.5. The van der Waals surface area contributed by atoms with Gasteiger partial charge in [-0.05, 0) is 36.8 Å². The third kappa shape index (κ3) is 9.63. The van der Waals surface area contributed by atoms with E-state index in [9.17, 15) is 9.59 Å². The summed E-state index contributed by atoms with van der Waals surface area (Å²) in [7, 11) is 3.06. The summed E-state index contributed by atoms with van der Waals surface area (Å²) in [6, 6.07) is 9.87. The third-order valence-corrected chi connectivity index (χ3v) is 8.26. The van der Waals surface area contributed by atoms with Crippen molar-refractivity contribution in [2.45, 2.75) is 97.3 Å². The molecule has 4 N–H and O–H groups in total. The van der Waals surface area contributed by atoms with E-state index in [2.05, 4.69) is 38.1 Å². The van der Waals surface area contributed by atoms with Crippen molar-refractivity contribution in [3.05, 3.63) is 47.1 Å². The van der Waals surface area contributed by atoms with Gasteiger partial charge in [-0.15, -0.1) is 9.73 Å². The second-order valence-electron chi connectivity index (χ2n) is 12.8. The van der Waals surface area contributed by atoms with Gasteiger partial charge in [0.15, 0.2) is 11.5 Å². The Morgan fingerprint density at radius 3 is 2.11 bits per heavy atom. The van der Waals surface area contributed by atoms with Crippen LogP contribution in [0.2, 0.25) is 5.02 Å². The topological polar surface area (TPSA) is 135 Å². The van der Waals surface area contributed by atoms with E-state index in [0.29, 0.717) is 57.0 Å².